The van der Waals surface area contributed by atoms with Crippen LogP contribution in [0.4, 0.5) is 16.2 Å². The molecule has 1 saturated heterocycles. The van der Waals surface area contributed by atoms with E-state index in [0.717, 1.165) is 17.7 Å². The van der Waals surface area contributed by atoms with E-state index in [1.807, 2.05) is 26.0 Å². The van der Waals surface area contributed by atoms with Crippen molar-refractivity contribution < 1.29 is 14.4 Å². The first-order valence-electron chi connectivity index (χ1n) is 13.8. The smallest absolute Gasteiger partial charge is 0.317 e. The topological polar surface area (TPSA) is 93.8 Å². The number of nitrogens with zero attached hydrogens (tertiary/aromatic N) is 2. The van der Waals surface area contributed by atoms with Gasteiger partial charge in [0.1, 0.15) is 0 Å². The molecule has 0 unspecified atom stereocenters. The normalized spacial score (nSPS) is 13.2. The number of anilines is 2. The fourth-order valence-corrected chi connectivity index (χ4v) is 5.41. The highest BCUT2D eigenvalue weighted by molar-refractivity contribution is 6.35. The Hall–Kier alpha value is -3.46. The molecule has 0 aliphatic carbocycles. The van der Waals surface area contributed by atoms with E-state index in [-0.39, 0.29) is 31.3 Å². The van der Waals surface area contributed by atoms with Crippen LogP contribution in [0, 0.1) is 0 Å². The molecular formula is C32H38Cl3N5O3. The van der Waals surface area contributed by atoms with Crippen molar-refractivity contribution in [1.29, 1.82) is 0 Å². The zero-order valence-corrected chi connectivity index (χ0v) is 25.8. The van der Waals surface area contributed by atoms with Crippen LogP contribution in [0.5, 0.6) is 0 Å². The maximum Gasteiger partial charge on any atom is 0.317 e. The summed E-state index contributed by atoms with van der Waals surface area (Å²) in [6.07, 6.45) is 1.29. The predicted molar refractivity (Wildman–Crippen MR) is 177 cm³/mol. The van der Waals surface area contributed by atoms with Gasteiger partial charge < -0.3 is 25.8 Å². The zero-order chi connectivity index (χ0) is 30.2. The number of hydrogen-bond acceptors (Lipinski definition) is 4. The van der Waals surface area contributed by atoms with Crippen LogP contribution in [0.1, 0.15) is 54.0 Å². The monoisotopic (exact) mass is 645 g/mol. The van der Waals surface area contributed by atoms with Gasteiger partial charge in [0.15, 0.2) is 0 Å². The van der Waals surface area contributed by atoms with Crippen molar-refractivity contribution in [2.75, 3.05) is 42.9 Å². The molecule has 0 atom stereocenters. The number of nitrogens with one attached hydrogen (secondary N) is 3. The average molecular weight is 647 g/mol. The first-order chi connectivity index (χ1) is 20.1. The fourth-order valence-electron chi connectivity index (χ4n) is 4.71. The molecule has 230 valence electrons. The van der Waals surface area contributed by atoms with Crippen LogP contribution in [0.15, 0.2) is 60.7 Å². The number of carbonyl (C=O) groups excluding carboxylic acids is 3. The maximum absolute atomic E-state index is 13.2. The van der Waals surface area contributed by atoms with Gasteiger partial charge in [-0.25, -0.2) is 4.79 Å². The van der Waals surface area contributed by atoms with Crippen molar-refractivity contribution in [3.8, 4) is 0 Å². The summed E-state index contributed by atoms with van der Waals surface area (Å²) in [6, 6.07) is 17.2. The first-order valence-corrected chi connectivity index (χ1v) is 15.0. The standard InChI is InChI=1S/C31H34Cl3N5O3.CH4/c1-20(2)36-31(42)39-14-4-13-38(15-16-39)28-10-8-23(18-27(28)37-30(41)22-5-3-6-24(32)17-22)29(40)35-12-11-21-7-9-25(33)19-26(21)34;/h3,5-10,17-20H,4,11-16H2,1-2H3,(H,35,40)(H,36,42)(H,37,41);1H4. The number of benzene rings is 3. The molecule has 0 aromatic heterocycles. The van der Waals surface area contributed by atoms with Crippen LogP contribution >= 0.6 is 34.8 Å². The van der Waals surface area contributed by atoms with Crippen LogP contribution in [0.25, 0.3) is 0 Å². The Morgan fingerprint density at radius 3 is 2.30 bits per heavy atom. The maximum atomic E-state index is 13.2. The van der Waals surface area contributed by atoms with Crippen LogP contribution < -0.4 is 20.9 Å². The number of halogens is 3. The molecule has 4 amide bonds. The minimum absolute atomic E-state index is 0. The summed E-state index contributed by atoms with van der Waals surface area (Å²) < 4.78 is 0. The van der Waals surface area contributed by atoms with Gasteiger partial charge in [-0.15, -0.1) is 0 Å². The van der Waals surface area contributed by atoms with E-state index in [0.29, 0.717) is 71.0 Å². The van der Waals surface area contributed by atoms with E-state index in [9.17, 15) is 14.4 Å². The quantitative estimate of drug-likeness (QED) is 0.243. The van der Waals surface area contributed by atoms with Gasteiger partial charge in [0.05, 0.1) is 11.4 Å². The van der Waals surface area contributed by atoms with Gasteiger partial charge in [0, 0.05) is 65.0 Å². The van der Waals surface area contributed by atoms with Crippen LogP contribution in [0.2, 0.25) is 15.1 Å². The molecule has 1 aliphatic rings. The molecule has 0 bridgehead atoms. The van der Waals surface area contributed by atoms with E-state index >= 15 is 0 Å². The van der Waals surface area contributed by atoms with Gasteiger partial charge >= 0.3 is 6.03 Å². The molecule has 3 aromatic carbocycles. The molecule has 8 nitrogen and oxygen atoms in total. The van der Waals surface area contributed by atoms with E-state index in [1.165, 1.54) is 0 Å². The molecule has 1 fully saturated rings. The van der Waals surface area contributed by atoms with Crippen molar-refractivity contribution >= 4 is 64.0 Å². The zero-order valence-electron chi connectivity index (χ0n) is 23.6. The lowest BCUT2D eigenvalue weighted by molar-refractivity contribution is 0.0952. The lowest BCUT2D eigenvalue weighted by atomic mass is 10.1. The molecule has 0 spiro atoms. The van der Waals surface area contributed by atoms with Gasteiger partial charge in [-0.1, -0.05) is 54.4 Å². The number of rotatable bonds is 8. The lowest BCUT2D eigenvalue weighted by Gasteiger charge is -2.27. The molecular weight excluding hydrogens is 609 g/mol. The van der Waals surface area contributed by atoms with Crippen LogP contribution in [0.3, 0.4) is 0 Å². The number of urea groups is 1. The van der Waals surface area contributed by atoms with Gasteiger partial charge in [-0.05, 0) is 80.8 Å². The molecule has 43 heavy (non-hydrogen) atoms. The first kappa shape index (κ1) is 34.0. The van der Waals surface area contributed by atoms with E-state index in [4.69, 9.17) is 34.8 Å². The van der Waals surface area contributed by atoms with E-state index < -0.39 is 0 Å². The number of hydrogen-bond donors (Lipinski definition) is 3. The Kier molecular flexibility index (Phi) is 12.5. The average Bonchev–Trinajstić information content (AvgIpc) is 3.20. The van der Waals surface area contributed by atoms with Gasteiger partial charge in [-0.3, -0.25) is 9.59 Å². The largest absolute Gasteiger partial charge is 0.368 e. The molecule has 1 heterocycles. The number of carbonyl (C=O) groups is 3. The lowest BCUT2D eigenvalue weighted by Crippen LogP contribution is -2.44. The molecule has 1 aliphatic heterocycles. The Labute approximate surface area is 268 Å². The third kappa shape index (κ3) is 9.51. The Balaban J connectivity index is 0.00000506. The van der Waals surface area contributed by atoms with E-state index in [1.54, 1.807) is 53.4 Å². The fraction of sp³-hybridized carbons (Fsp3) is 0.344. The minimum Gasteiger partial charge on any atom is -0.368 e. The van der Waals surface area contributed by atoms with E-state index in [2.05, 4.69) is 20.9 Å². The molecule has 4 rings (SSSR count). The highest BCUT2D eigenvalue weighted by Gasteiger charge is 2.23. The van der Waals surface area contributed by atoms with Crippen LogP contribution in [-0.2, 0) is 6.42 Å². The molecule has 3 aromatic rings. The summed E-state index contributed by atoms with van der Waals surface area (Å²) in [7, 11) is 0. The minimum atomic E-state index is -0.346. The summed E-state index contributed by atoms with van der Waals surface area (Å²) in [5, 5.41) is 10.4. The Bertz CT molecular complexity index is 1450. The highest BCUT2D eigenvalue weighted by Crippen LogP contribution is 2.29. The summed E-state index contributed by atoms with van der Waals surface area (Å²) in [5.74, 6) is -0.626. The van der Waals surface area contributed by atoms with Crippen molar-refractivity contribution in [2.45, 2.75) is 40.2 Å². The second-order valence-corrected chi connectivity index (χ2v) is 11.6. The molecule has 0 saturated carbocycles. The summed E-state index contributed by atoms with van der Waals surface area (Å²) in [4.78, 5) is 42.9. The SMILES string of the molecule is C.CC(C)NC(=O)N1CCCN(c2ccc(C(=O)NCCc3ccc(Cl)cc3Cl)cc2NC(=O)c2cccc(Cl)c2)CC1. The van der Waals surface area contributed by atoms with Crippen LogP contribution in [-0.4, -0.2) is 61.5 Å². The molecule has 3 N–H and O–H groups in total. The Morgan fingerprint density at radius 1 is 0.837 bits per heavy atom. The van der Waals surface area contributed by atoms with Crippen molar-refractivity contribution in [2.24, 2.45) is 0 Å². The van der Waals surface area contributed by atoms with Crippen molar-refractivity contribution in [3.05, 3.63) is 92.4 Å². The van der Waals surface area contributed by atoms with Crippen molar-refractivity contribution in [3.63, 3.8) is 0 Å². The number of amides is 4. The summed E-state index contributed by atoms with van der Waals surface area (Å²) in [5.41, 5.74) is 2.93. The summed E-state index contributed by atoms with van der Waals surface area (Å²) in [6.45, 7) is 6.63. The highest BCUT2D eigenvalue weighted by atomic mass is 35.5. The van der Waals surface area contributed by atoms with Gasteiger partial charge in [-0.2, -0.15) is 0 Å². The Morgan fingerprint density at radius 2 is 1.58 bits per heavy atom. The second kappa shape index (κ2) is 15.8. The summed E-state index contributed by atoms with van der Waals surface area (Å²) >= 11 is 18.4. The second-order valence-electron chi connectivity index (χ2n) is 10.4. The van der Waals surface area contributed by atoms with Gasteiger partial charge in [0.2, 0.25) is 0 Å². The van der Waals surface area contributed by atoms with Gasteiger partial charge in [0.25, 0.3) is 11.8 Å². The van der Waals surface area contributed by atoms with Crippen molar-refractivity contribution in [1.82, 2.24) is 15.5 Å². The molecule has 11 heteroatoms. The molecule has 0 radical (unpaired) electrons. The predicted octanol–water partition coefficient (Wildman–Crippen LogP) is 7.14. The third-order valence-electron chi connectivity index (χ3n) is 6.82. The third-order valence-corrected chi connectivity index (χ3v) is 7.65.